The zero-order valence-electron chi connectivity index (χ0n) is 17.4. The first kappa shape index (κ1) is 22.4. The van der Waals surface area contributed by atoms with E-state index in [1.54, 1.807) is 23.1 Å². The van der Waals surface area contributed by atoms with Gasteiger partial charge in [0.25, 0.3) is 5.91 Å². The van der Waals surface area contributed by atoms with Crippen molar-refractivity contribution in [2.75, 3.05) is 37.3 Å². The van der Waals surface area contributed by atoms with E-state index in [-0.39, 0.29) is 46.8 Å². The molecule has 0 radical (unpaired) electrons. The number of hydrogen-bond acceptors (Lipinski definition) is 6. The Morgan fingerprint density at radius 2 is 1.78 bits per heavy atom. The molecule has 2 aliphatic rings. The van der Waals surface area contributed by atoms with Gasteiger partial charge in [0, 0.05) is 37.1 Å². The number of carbonyl (C=O) groups excluding carboxylic acids is 2. The van der Waals surface area contributed by atoms with Crippen LogP contribution in [0.2, 0.25) is 0 Å². The molecule has 0 atom stereocenters. The number of carbonyl (C=O) groups is 2. The van der Waals surface area contributed by atoms with Crippen LogP contribution in [0.5, 0.6) is 0 Å². The second kappa shape index (κ2) is 8.30. The van der Waals surface area contributed by atoms with Gasteiger partial charge in [-0.1, -0.05) is 6.07 Å². The molecule has 0 unspecified atom stereocenters. The van der Waals surface area contributed by atoms with Gasteiger partial charge in [-0.15, -0.1) is 0 Å². The predicted octanol–water partition coefficient (Wildman–Crippen LogP) is 0.804. The van der Waals surface area contributed by atoms with Gasteiger partial charge in [-0.2, -0.15) is 4.31 Å². The van der Waals surface area contributed by atoms with Crippen LogP contribution in [-0.4, -0.2) is 65.4 Å². The van der Waals surface area contributed by atoms with Crippen molar-refractivity contribution in [2.24, 2.45) is 0 Å². The van der Waals surface area contributed by atoms with Crippen LogP contribution in [0.3, 0.4) is 0 Å². The lowest BCUT2D eigenvalue weighted by Gasteiger charge is -2.30. The van der Waals surface area contributed by atoms with Gasteiger partial charge in [0.1, 0.15) is 0 Å². The lowest BCUT2D eigenvalue weighted by Crippen LogP contribution is -2.49. The van der Waals surface area contributed by atoms with E-state index in [0.717, 1.165) is 16.1 Å². The average molecular weight is 478 g/mol. The average Bonchev–Trinajstić information content (AvgIpc) is 2.77. The Bertz CT molecular complexity index is 1300. The molecule has 0 bridgehead atoms. The maximum absolute atomic E-state index is 13.3. The molecule has 4 rings (SSSR count). The number of sulfonamides is 1. The van der Waals surface area contributed by atoms with Crippen molar-refractivity contribution in [2.45, 2.75) is 22.6 Å². The maximum Gasteiger partial charge on any atom is 0.258 e. The number of rotatable bonds is 4. The third kappa shape index (κ3) is 4.27. The summed E-state index contributed by atoms with van der Waals surface area (Å²) in [4.78, 5) is 26.6. The minimum Gasteiger partial charge on any atom is -0.354 e. The van der Waals surface area contributed by atoms with Crippen molar-refractivity contribution in [1.29, 1.82) is 0 Å². The van der Waals surface area contributed by atoms with Crippen molar-refractivity contribution in [3.63, 3.8) is 0 Å². The van der Waals surface area contributed by atoms with E-state index < -0.39 is 19.9 Å². The maximum atomic E-state index is 13.3. The summed E-state index contributed by atoms with van der Waals surface area (Å²) < 4.78 is 50.8. The normalized spacial score (nSPS) is 17.5. The van der Waals surface area contributed by atoms with Crippen molar-refractivity contribution >= 4 is 37.4 Å². The van der Waals surface area contributed by atoms with Crippen molar-refractivity contribution in [3.05, 3.63) is 53.6 Å². The molecule has 0 aliphatic carbocycles. The van der Waals surface area contributed by atoms with E-state index in [4.69, 9.17) is 0 Å². The fourth-order valence-corrected chi connectivity index (χ4v) is 6.04. The molecule has 2 heterocycles. The molecule has 0 spiro atoms. The van der Waals surface area contributed by atoms with E-state index in [2.05, 4.69) is 5.32 Å². The first-order chi connectivity index (χ1) is 15.1. The molecular formula is C21H23N3O6S2. The molecule has 2 aliphatic heterocycles. The minimum absolute atomic E-state index is 0.0530. The number of amides is 2. The van der Waals surface area contributed by atoms with Gasteiger partial charge in [-0.05, 0) is 54.8 Å². The minimum atomic E-state index is -3.93. The van der Waals surface area contributed by atoms with Crippen LogP contribution in [0, 0.1) is 0 Å². The standard InChI is InChI=1S/C21H23N3O6S2/c1-31(27,28)17-7-8-19-15(12-17)5-3-10-24(19)21(26)16-4-2-6-18(13-16)32(29,30)23-11-9-22-20(25)14-23/h2,4,6-8,12-13H,3,5,9-11,14H2,1H3,(H,22,25). The Labute approximate surface area is 187 Å². The quantitative estimate of drug-likeness (QED) is 0.696. The summed E-state index contributed by atoms with van der Waals surface area (Å²) in [5, 5.41) is 2.59. The first-order valence-corrected chi connectivity index (χ1v) is 13.4. The molecule has 32 heavy (non-hydrogen) atoms. The summed E-state index contributed by atoms with van der Waals surface area (Å²) in [5.74, 6) is -0.739. The van der Waals surface area contributed by atoms with E-state index in [1.165, 1.54) is 24.3 Å². The summed E-state index contributed by atoms with van der Waals surface area (Å²) in [6.07, 6.45) is 2.44. The molecule has 0 saturated carbocycles. The number of hydrogen-bond donors (Lipinski definition) is 1. The highest BCUT2D eigenvalue weighted by molar-refractivity contribution is 7.90. The van der Waals surface area contributed by atoms with E-state index in [0.29, 0.717) is 25.1 Å². The van der Waals surface area contributed by atoms with Crippen molar-refractivity contribution < 1.29 is 26.4 Å². The molecule has 0 aromatic heterocycles. The SMILES string of the molecule is CS(=O)(=O)c1ccc2c(c1)CCCN2C(=O)c1cccc(S(=O)(=O)N2CCNC(=O)C2)c1. The number of piperazine rings is 1. The Morgan fingerprint density at radius 3 is 2.50 bits per heavy atom. The summed E-state index contributed by atoms with van der Waals surface area (Å²) in [5.41, 5.74) is 1.58. The summed E-state index contributed by atoms with van der Waals surface area (Å²) >= 11 is 0. The number of fused-ring (bicyclic) bond motifs is 1. The predicted molar refractivity (Wildman–Crippen MR) is 118 cm³/mol. The van der Waals surface area contributed by atoms with Crippen molar-refractivity contribution in [1.82, 2.24) is 9.62 Å². The van der Waals surface area contributed by atoms with Gasteiger partial charge in [0.15, 0.2) is 9.84 Å². The summed E-state index contributed by atoms with van der Waals surface area (Å²) in [6, 6.07) is 10.5. The smallest absolute Gasteiger partial charge is 0.258 e. The van der Waals surface area contributed by atoms with Gasteiger partial charge in [-0.25, -0.2) is 16.8 Å². The zero-order chi connectivity index (χ0) is 23.1. The Hall–Kier alpha value is -2.76. The number of anilines is 1. The fourth-order valence-electron chi connectivity index (χ4n) is 3.93. The third-order valence-electron chi connectivity index (χ3n) is 5.56. The molecule has 1 N–H and O–H groups in total. The number of sulfone groups is 1. The topological polar surface area (TPSA) is 121 Å². The molecule has 1 saturated heterocycles. The second-order valence-corrected chi connectivity index (χ2v) is 11.8. The van der Waals surface area contributed by atoms with Crippen LogP contribution < -0.4 is 10.2 Å². The highest BCUT2D eigenvalue weighted by Gasteiger charge is 2.31. The lowest BCUT2D eigenvalue weighted by atomic mass is 10.0. The van der Waals surface area contributed by atoms with Crippen LogP contribution in [0.4, 0.5) is 5.69 Å². The molecule has 2 aromatic carbocycles. The summed E-state index contributed by atoms with van der Waals surface area (Å²) in [6.45, 7) is 0.571. The molecule has 9 nitrogen and oxygen atoms in total. The van der Waals surface area contributed by atoms with Gasteiger partial charge in [-0.3, -0.25) is 9.59 Å². The molecular weight excluding hydrogens is 454 g/mol. The highest BCUT2D eigenvalue weighted by atomic mass is 32.2. The van der Waals surface area contributed by atoms with Crippen LogP contribution in [0.1, 0.15) is 22.3 Å². The van der Waals surface area contributed by atoms with E-state index in [9.17, 15) is 26.4 Å². The molecule has 11 heteroatoms. The van der Waals surface area contributed by atoms with Crippen LogP contribution >= 0.6 is 0 Å². The first-order valence-electron chi connectivity index (χ1n) is 10.1. The fraction of sp³-hybridized carbons (Fsp3) is 0.333. The van der Waals surface area contributed by atoms with Crippen LogP contribution in [0.15, 0.2) is 52.3 Å². The Balaban J connectivity index is 1.65. The molecule has 170 valence electrons. The Kier molecular flexibility index (Phi) is 5.82. The van der Waals surface area contributed by atoms with Gasteiger partial charge in [0.2, 0.25) is 15.9 Å². The zero-order valence-corrected chi connectivity index (χ0v) is 19.1. The van der Waals surface area contributed by atoms with Crippen LogP contribution in [0.25, 0.3) is 0 Å². The van der Waals surface area contributed by atoms with Crippen molar-refractivity contribution in [3.8, 4) is 0 Å². The third-order valence-corrected chi connectivity index (χ3v) is 8.52. The lowest BCUT2D eigenvalue weighted by molar-refractivity contribution is -0.122. The number of nitrogens with zero attached hydrogens (tertiary/aromatic N) is 2. The van der Waals surface area contributed by atoms with E-state index in [1.807, 2.05) is 0 Å². The monoisotopic (exact) mass is 477 g/mol. The highest BCUT2D eigenvalue weighted by Crippen LogP contribution is 2.31. The second-order valence-electron chi connectivity index (χ2n) is 7.84. The number of aryl methyl sites for hydroxylation is 1. The summed E-state index contributed by atoms with van der Waals surface area (Å²) in [7, 11) is -7.30. The molecule has 2 aromatic rings. The molecule has 1 fully saturated rings. The van der Waals surface area contributed by atoms with E-state index >= 15 is 0 Å². The van der Waals surface area contributed by atoms with Crippen LogP contribution in [-0.2, 0) is 31.1 Å². The van der Waals surface area contributed by atoms with Gasteiger partial charge >= 0.3 is 0 Å². The number of benzene rings is 2. The van der Waals surface area contributed by atoms with Gasteiger partial charge < -0.3 is 10.2 Å². The molecule has 2 amide bonds. The Morgan fingerprint density at radius 1 is 1.00 bits per heavy atom. The van der Waals surface area contributed by atoms with Gasteiger partial charge in [0.05, 0.1) is 16.3 Å². The number of nitrogens with one attached hydrogen (secondary N) is 1. The largest absolute Gasteiger partial charge is 0.354 e.